The van der Waals surface area contributed by atoms with Gasteiger partial charge in [-0.3, -0.25) is 0 Å². The third kappa shape index (κ3) is 3.22. The smallest absolute Gasteiger partial charge is 0.242 e. The summed E-state index contributed by atoms with van der Waals surface area (Å²) in [7, 11) is -0.237. The van der Waals surface area contributed by atoms with Gasteiger partial charge in [0.25, 0.3) is 0 Å². The van der Waals surface area contributed by atoms with Crippen LogP contribution >= 0.6 is 0 Å². The normalized spacial score (nSPS) is 24.4. The Labute approximate surface area is 122 Å². The summed E-state index contributed by atoms with van der Waals surface area (Å²) in [5.41, 5.74) is 1.13. The minimum atomic E-state index is -3.33. The molecule has 0 aromatic heterocycles. The first-order valence-electron chi connectivity index (χ1n) is 7.09. The van der Waals surface area contributed by atoms with Gasteiger partial charge in [-0.05, 0) is 43.4 Å². The van der Waals surface area contributed by atoms with Crippen molar-refractivity contribution in [1.82, 2.24) is 9.62 Å². The maximum absolute atomic E-state index is 12.0. The fourth-order valence-electron chi connectivity index (χ4n) is 2.63. The zero-order valence-corrected chi connectivity index (χ0v) is 13.4. The molecule has 1 N–H and O–H groups in total. The van der Waals surface area contributed by atoms with Gasteiger partial charge >= 0.3 is 0 Å². The first kappa shape index (κ1) is 15.5. The van der Waals surface area contributed by atoms with Crippen molar-refractivity contribution in [2.75, 3.05) is 14.1 Å². The zero-order chi connectivity index (χ0) is 14.9. The summed E-state index contributed by atoms with van der Waals surface area (Å²) in [6, 6.07) is 8.03. The van der Waals surface area contributed by atoms with Crippen LogP contribution in [-0.4, -0.2) is 32.9 Å². The Kier molecular flexibility index (Phi) is 4.52. The highest BCUT2D eigenvalue weighted by Crippen LogP contribution is 2.29. The molecule has 0 heterocycles. The van der Waals surface area contributed by atoms with Crippen molar-refractivity contribution in [3.05, 3.63) is 29.8 Å². The highest BCUT2D eigenvalue weighted by molar-refractivity contribution is 7.89. The molecule has 2 rings (SSSR count). The largest absolute Gasteiger partial charge is 0.307 e. The standard InChI is InChI=1S/C15H24N2O2S/c1-11-9-14(10-11)16-12(2)13-5-7-15(8-6-13)20(18,19)17(3)4/h5-8,11-12,14,16H,9-10H2,1-4H3. The van der Waals surface area contributed by atoms with E-state index in [9.17, 15) is 8.42 Å². The van der Waals surface area contributed by atoms with Crippen LogP contribution in [0.1, 0.15) is 38.3 Å². The quantitative estimate of drug-likeness (QED) is 0.907. The Morgan fingerprint density at radius 2 is 1.75 bits per heavy atom. The highest BCUT2D eigenvalue weighted by Gasteiger charge is 2.26. The second-order valence-electron chi connectivity index (χ2n) is 6.02. The lowest BCUT2D eigenvalue weighted by atomic mass is 9.81. The van der Waals surface area contributed by atoms with Crippen LogP contribution in [0.2, 0.25) is 0 Å². The number of nitrogens with one attached hydrogen (secondary N) is 1. The molecule has 1 aliphatic rings. The second-order valence-corrected chi connectivity index (χ2v) is 8.17. The molecule has 1 unspecified atom stereocenters. The topological polar surface area (TPSA) is 49.4 Å². The Morgan fingerprint density at radius 3 is 2.20 bits per heavy atom. The molecule has 1 aromatic carbocycles. The minimum Gasteiger partial charge on any atom is -0.307 e. The van der Waals surface area contributed by atoms with Crippen LogP contribution in [0.3, 0.4) is 0 Å². The highest BCUT2D eigenvalue weighted by atomic mass is 32.2. The molecule has 112 valence electrons. The Balaban J connectivity index is 2.04. The maximum Gasteiger partial charge on any atom is 0.242 e. The first-order chi connectivity index (χ1) is 9.30. The predicted octanol–water partition coefficient (Wildman–Crippen LogP) is 2.39. The van der Waals surface area contributed by atoms with Gasteiger partial charge in [-0.15, -0.1) is 0 Å². The maximum atomic E-state index is 12.0. The van der Waals surface area contributed by atoms with Gasteiger partial charge < -0.3 is 5.32 Å². The molecule has 0 radical (unpaired) electrons. The molecule has 0 spiro atoms. The van der Waals surface area contributed by atoms with E-state index < -0.39 is 10.0 Å². The molecule has 0 amide bonds. The molecule has 1 atom stereocenters. The van der Waals surface area contributed by atoms with Crippen molar-refractivity contribution >= 4 is 10.0 Å². The van der Waals surface area contributed by atoms with Crippen molar-refractivity contribution in [2.24, 2.45) is 5.92 Å². The summed E-state index contributed by atoms with van der Waals surface area (Å²) < 4.78 is 25.2. The number of sulfonamides is 1. The van der Waals surface area contributed by atoms with Gasteiger partial charge in [-0.2, -0.15) is 0 Å². The Morgan fingerprint density at radius 1 is 1.20 bits per heavy atom. The van der Waals surface area contributed by atoms with E-state index in [0.29, 0.717) is 10.9 Å². The van der Waals surface area contributed by atoms with E-state index in [2.05, 4.69) is 19.2 Å². The molecule has 1 saturated carbocycles. The average molecular weight is 296 g/mol. The monoisotopic (exact) mass is 296 g/mol. The first-order valence-corrected chi connectivity index (χ1v) is 8.53. The van der Waals surface area contributed by atoms with Gasteiger partial charge in [0.2, 0.25) is 10.0 Å². The number of benzene rings is 1. The van der Waals surface area contributed by atoms with Crippen molar-refractivity contribution < 1.29 is 8.42 Å². The number of rotatable bonds is 5. The molecule has 0 saturated heterocycles. The van der Waals surface area contributed by atoms with Crippen molar-refractivity contribution in [3.8, 4) is 0 Å². The van der Waals surface area contributed by atoms with Gasteiger partial charge in [0.05, 0.1) is 4.90 Å². The summed E-state index contributed by atoms with van der Waals surface area (Å²) in [5, 5.41) is 3.58. The summed E-state index contributed by atoms with van der Waals surface area (Å²) >= 11 is 0. The summed E-state index contributed by atoms with van der Waals surface area (Å²) in [5.74, 6) is 0.826. The fourth-order valence-corrected chi connectivity index (χ4v) is 3.53. The predicted molar refractivity (Wildman–Crippen MR) is 81.1 cm³/mol. The molecule has 5 heteroatoms. The van der Waals surface area contributed by atoms with Crippen molar-refractivity contribution in [1.29, 1.82) is 0 Å². The van der Waals surface area contributed by atoms with E-state index in [1.165, 1.54) is 17.1 Å². The lowest BCUT2D eigenvalue weighted by molar-refractivity contribution is 0.226. The van der Waals surface area contributed by atoms with E-state index in [-0.39, 0.29) is 6.04 Å². The molecule has 1 fully saturated rings. The SMILES string of the molecule is CC1CC(NC(C)c2ccc(S(=O)(=O)N(C)C)cc2)C1. The summed E-state index contributed by atoms with van der Waals surface area (Å²) in [4.78, 5) is 0.343. The molecule has 0 bridgehead atoms. The van der Waals surface area contributed by atoms with E-state index >= 15 is 0 Å². The van der Waals surface area contributed by atoms with Gasteiger partial charge in [0, 0.05) is 26.2 Å². The van der Waals surface area contributed by atoms with Gasteiger partial charge in [0.1, 0.15) is 0 Å². The van der Waals surface area contributed by atoms with Crippen LogP contribution in [0.15, 0.2) is 29.2 Å². The lowest BCUT2D eigenvalue weighted by Crippen LogP contribution is -2.41. The third-order valence-electron chi connectivity index (χ3n) is 4.02. The van der Waals surface area contributed by atoms with Crippen LogP contribution in [0.5, 0.6) is 0 Å². The van der Waals surface area contributed by atoms with Crippen LogP contribution in [0.4, 0.5) is 0 Å². The number of hydrogen-bond donors (Lipinski definition) is 1. The molecule has 20 heavy (non-hydrogen) atoms. The zero-order valence-electron chi connectivity index (χ0n) is 12.6. The van der Waals surface area contributed by atoms with E-state index in [0.717, 1.165) is 11.5 Å². The molecule has 4 nitrogen and oxygen atoms in total. The van der Waals surface area contributed by atoms with E-state index in [4.69, 9.17) is 0 Å². The molecule has 0 aliphatic heterocycles. The number of nitrogens with zero attached hydrogens (tertiary/aromatic N) is 1. The lowest BCUT2D eigenvalue weighted by Gasteiger charge is -2.35. The minimum absolute atomic E-state index is 0.253. The van der Waals surface area contributed by atoms with Gasteiger partial charge in [-0.1, -0.05) is 19.1 Å². The van der Waals surface area contributed by atoms with Gasteiger partial charge in [-0.25, -0.2) is 12.7 Å². The van der Waals surface area contributed by atoms with Crippen LogP contribution in [-0.2, 0) is 10.0 Å². The molecule has 1 aliphatic carbocycles. The van der Waals surface area contributed by atoms with Gasteiger partial charge in [0.15, 0.2) is 0 Å². The van der Waals surface area contributed by atoms with Crippen LogP contribution in [0, 0.1) is 5.92 Å². The molecular formula is C15H24N2O2S. The average Bonchev–Trinajstić information content (AvgIpc) is 2.36. The summed E-state index contributed by atoms with van der Waals surface area (Å²) in [6.07, 6.45) is 2.47. The van der Waals surface area contributed by atoms with Crippen molar-refractivity contribution in [3.63, 3.8) is 0 Å². The Bertz CT molecular complexity index is 546. The fraction of sp³-hybridized carbons (Fsp3) is 0.600. The Hall–Kier alpha value is -0.910. The third-order valence-corrected chi connectivity index (χ3v) is 5.85. The van der Waals surface area contributed by atoms with Crippen LogP contribution < -0.4 is 5.32 Å². The number of hydrogen-bond acceptors (Lipinski definition) is 3. The molecule has 1 aromatic rings. The van der Waals surface area contributed by atoms with E-state index in [1.54, 1.807) is 26.2 Å². The second kappa shape index (κ2) is 5.84. The van der Waals surface area contributed by atoms with Crippen molar-refractivity contribution in [2.45, 2.75) is 43.7 Å². The van der Waals surface area contributed by atoms with E-state index in [1.807, 2.05) is 12.1 Å². The van der Waals surface area contributed by atoms with Crippen LogP contribution in [0.25, 0.3) is 0 Å². The summed E-state index contributed by atoms with van der Waals surface area (Å²) in [6.45, 7) is 4.39. The molecular weight excluding hydrogens is 272 g/mol.